The number of nitrogens with zero attached hydrogens (tertiary/aromatic N) is 8. The van der Waals surface area contributed by atoms with Crippen molar-refractivity contribution < 1.29 is 13.5 Å². The molecule has 0 aromatic carbocycles. The van der Waals surface area contributed by atoms with E-state index in [4.69, 9.17) is 16.2 Å². The zero-order chi connectivity index (χ0) is 31.8. The number of nitrogens with two attached hydrogens (primary N) is 2. The van der Waals surface area contributed by atoms with Crippen LogP contribution in [0, 0.1) is 22.7 Å². The average molecular weight is 641 g/mol. The Balaban J connectivity index is 0.000000367. The minimum absolute atomic E-state index is 0.0625. The maximum Gasteiger partial charge on any atom is 0.320 e. The predicted octanol–water partition coefficient (Wildman–Crippen LogP) is 4.36. The van der Waals surface area contributed by atoms with Crippen LogP contribution < -0.4 is 26.0 Å². The van der Waals surface area contributed by atoms with Crippen molar-refractivity contribution in [1.82, 2.24) is 19.9 Å². The summed E-state index contributed by atoms with van der Waals surface area (Å²) >= 11 is 3.31. The molecule has 2 saturated heterocycles. The minimum atomic E-state index is -2.42. The highest BCUT2D eigenvalue weighted by molar-refractivity contribution is 8.00. The molecule has 0 amide bonds. The number of aromatic nitrogens is 3. The highest BCUT2D eigenvalue weighted by Gasteiger charge is 2.53. The number of halogens is 2. The third kappa shape index (κ3) is 5.79. The van der Waals surface area contributed by atoms with Crippen molar-refractivity contribution in [2.24, 2.45) is 0 Å². The second kappa shape index (κ2) is 12.2. The van der Waals surface area contributed by atoms with Crippen LogP contribution in [0.3, 0.4) is 0 Å². The van der Waals surface area contributed by atoms with Crippen molar-refractivity contribution in [1.29, 1.82) is 10.5 Å². The van der Waals surface area contributed by atoms with Gasteiger partial charge in [-0.05, 0) is 33.0 Å². The first-order valence-corrected chi connectivity index (χ1v) is 15.8. The van der Waals surface area contributed by atoms with Gasteiger partial charge < -0.3 is 30.9 Å². The molecule has 3 aliphatic heterocycles. The molecule has 6 heterocycles. The van der Waals surface area contributed by atoms with Crippen molar-refractivity contribution in [3.63, 3.8) is 0 Å². The molecular weight excluding hydrogens is 607 g/mol. The maximum absolute atomic E-state index is 12.4. The van der Waals surface area contributed by atoms with Gasteiger partial charge in [-0.15, -0.1) is 23.1 Å². The predicted molar refractivity (Wildman–Crippen MR) is 169 cm³/mol. The molecule has 232 valence electrons. The number of methoxy groups -OCH3 is 1. The summed E-state index contributed by atoms with van der Waals surface area (Å²) < 4.78 is 30.0. The quantitative estimate of drug-likeness (QED) is 0.407. The summed E-state index contributed by atoms with van der Waals surface area (Å²) in [5.41, 5.74) is 15.0. The van der Waals surface area contributed by atoms with E-state index in [1.165, 1.54) is 18.4 Å². The Morgan fingerprint density at radius 2 is 1.89 bits per heavy atom. The van der Waals surface area contributed by atoms with E-state index in [-0.39, 0.29) is 29.8 Å². The second-order valence-corrected chi connectivity index (χ2v) is 13.7. The van der Waals surface area contributed by atoms with Crippen LogP contribution >= 0.6 is 23.1 Å². The second-order valence-electron chi connectivity index (χ2n) is 11.2. The Labute approximate surface area is 263 Å². The molecule has 11 nitrogen and oxygen atoms in total. The molecule has 1 atom stereocenters. The highest BCUT2D eigenvalue weighted by Crippen LogP contribution is 2.58. The van der Waals surface area contributed by atoms with Gasteiger partial charge in [-0.1, -0.05) is 6.07 Å². The van der Waals surface area contributed by atoms with Gasteiger partial charge in [0.25, 0.3) is 5.92 Å². The van der Waals surface area contributed by atoms with Crippen molar-refractivity contribution in [3.8, 4) is 18.1 Å². The normalized spacial score (nSPS) is 18.7. The number of anilines is 4. The van der Waals surface area contributed by atoms with Gasteiger partial charge in [-0.2, -0.15) is 20.5 Å². The number of thioether (sulfide) groups is 1. The molecule has 0 bridgehead atoms. The number of nitriles is 2. The van der Waals surface area contributed by atoms with Gasteiger partial charge in [0.15, 0.2) is 11.6 Å². The van der Waals surface area contributed by atoms with Gasteiger partial charge in [-0.25, -0.2) is 13.8 Å². The number of alkyl halides is 2. The lowest BCUT2D eigenvalue weighted by Gasteiger charge is -2.48. The number of nitrogen functional groups attached to an aromatic ring is 2. The molecule has 3 aromatic rings. The van der Waals surface area contributed by atoms with Crippen molar-refractivity contribution in [2.75, 3.05) is 68.7 Å². The topological polar surface area (TPSA) is 157 Å². The van der Waals surface area contributed by atoms with Crippen LogP contribution in [-0.2, 0) is 10.5 Å². The lowest BCUT2D eigenvalue weighted by molar-refractivity contribution is -0.0571. The average Bonchev–Trinajstić information content (AvgIpc) is 3.50. The van der Waals surface area contributed by atoms with E-state index in [0.717, 1.165) is 28.3 Å². The molecule has 3 aliphatic rings. The lowest BCUT2D eigenvalue weighted by atomic mass is 9.88. The standard InChI is InChI=1S/C23H23N9OS2.C6H11F2N/c1-12(13-5-4-6-28-18(13)26)31(2)20-15(8-25)21(30-22(29-20)33-3)32-10-23(11-32)17-14(7-24)19(27)35-16(17)9-34-23;1-9-4-2-3-6(7,8)5-9/h4-6,12H,9-11,27H2,1-3H3,(H2,26,28);2-5H2,1H3. The molecule has 0 aliphatic carbocycles. The number of pyridine rings is 1. The van der Waals surface area contributed by atoms with Crippen molar-refractivity contribution in [3.05, 3.63) is 45.5 Å². The fourth-order valence-electron chi connectivity index (χ4n) is 5.87. The Kier molecular flexibility index (Phi) is 8.75. The molecule has 2 fully saturated rings. The number of likely N-dealkylation sites (tertiary alicyclic amines) is 1. The summed E-state index contributed by atoms with van der Waals surface area (Å²) in [4.78, 5) is 20.0. The number of fused-ring (bicyclic) bond motifs is 2. The number of thiophene rings is 1. The summed E-state index contributed by atoms with van der Waals surface area (Å²) in [5.74, 6) is -0.214. The zero-order valence-electron chi connectivity index (χ0n) is 25.0. The molecular formula is C29H34F2N10OS2. The van der Waals surface area contributed by atoms with Gasteiger partial charge in [0, 0.05) is 54.5 Å². The lowest BCUT2D eigenvalue weighted by Crippen LogP contribution is -2.57. The monoisotopic (exact) mass is 640 g/mol. The molecule has 6 rings (SSSR count). The molecule has 1 unspecified atom stereocenters. The van der Waals surface area contributed by atoms with Gasteiger partial charge in [0.05, 0.1) is 30.0 Å². The highest BCUT2D eigenvalue weighted by atomic mass is 32.2. The Morgan fingerprint density at radius 3 is 2.48 bits per heavy atom. The third-order valence-electron chi connectivity index (χ3n) is 8.21. The van der Waals surface area contributed by atoms with E-state index in [0.29, 0.717) is 53.1 Å². The Hall–Kier alpha value is -3.92. The van der Waals surface area contributed by atoms with E-state index in [9.17, 15) is 19.3 Å². The molecule has 1 spiro atoms. The third-order valence-corrected chi connectivity index (χ3v) is 10.9. The van der Waals surface area contributed by atoms with Crippen LogP contribution in [0.2, 0.25) is 0 Å². The van der Waals surface area contributed by atoms with Gasteiger partial charge >= 0.3 is 6.01 Å². The van der Waals surface area contributed by atoms with E-state index in [1.807, 2.05) is 47.7 Å². The van der Waals surface area contributed by atoms with Crippen LogP contribution in [0.15, 0.2) is 18.3 Å². The molecule has 3 aromatic heterocycles. The van der Waals surface area contributed by atoms with Gasteiger partial charge in [-0.3, -0.25) is 0 Å². The Bertz CT molecular complexity index is 1630. The van der Waals surface area contributed by atoms with E-state index in [2.05, 4.69) is 27.1 Å². The van der Waals surface area contributed by atoms with Gasteiger partial charge in [0.1, 0.15) is 28.5 Å². The van der Waals surface area contributed by atoms with Crippen molar-refractivity contribution in [2.45, 2.75) is 42.2 Å². The molecule has 4 N–H and O–H groups in total. The summed E-state index contributed by atoms with van der Waals surface area (Å²) in [7, 11) is 5.09. The SMILES string of the molecule is CN1CCCC(F)(F)C1.COc1nc(N2CC3(C2)SCc2sc(N)c(C#N)c23)c(C#N)c(N(C)C(C)c2cccnc2N)n1. The molecule has 0 saturated carbocycles. The minimum Gasteiger partial charge on any atom is -0.467 e. The fourth-order valence-corrected chi connectivity index (χ4v) is 8.67. The van der Waals surface area contributed by atoms with Crippen molar-refractivity contribution >= 4 is 45.6 Å². The van der Waals surface area contributed by atoms with Crippen LogP contribution in [0.4, 0.5) is 31.2 Å². The fraction of sp³-hybridized carbons (Fsp3) is 0.483. The molecule has 44 heavy (non-hydrogen) atoms. The van der Waals surface area contributed by atoms with Crippen LogP contribution in [0.25, 0.3) is 0 Å². The first kappa shape index (κ1) is 31.5. The first-order chi connectivity index (χ1) is 20.9. The maximum atomic E-state index is 12.4. The first-order valence-electron chi connectivity index (χ1n) is 14.0. The number of ether oxygens (including phenoxy) is 1. The van der Waals surface area contributed by atoms with Crippen LogP contribution in [-0.4, -0.2) is 73.2 Å². The zero-order valence-corrected chi connectivity index (χ0v) is 26.6. The van der Waals surface area contributed by atoms with Crippen LogP contribution in [0.1, 0.15) is 52.9 Å². The van der Waals surface area contributed by atoms with Gasteiger partial charge in [0.2, 0.25) is 0 Å². The van der Waals surface area contributed by atoms with E-state index < -0.39 is 5.92 Å². The smallest absolute Gasteiger partial charge is 0.320 e. The summed E-state index contributed by atoms with van der Waals surface area (Å²) in [5, 5.41) is 20.4. The summed E-state index contributed by atoms with van der Waals surface area (Å²) in [6.45, 7) is 3.95. The number of hydrogen-bond acceptors (Lipinski definition) is 13. The number of piperidine rings is 1. The largest absolute Gasteiger partial charge is 0.467 e. The molecule has 0 radical (unpaired) electrons. The Morgan fingerprint density at radius 1 is 1.16 bits per heavy atom. The van der Waals surface area contributed by atoms with E-state index in [1.54, 1.807) is 18.1 Å². The summed E-state index contributed by atoms with van der Waals surface area (Å²) in [6, 6.07) is 8.29. The number of hydrogen-bond donors (Lipinski definition) is 2. The summed E-state index contributed by atoms with van der Waals surface area (Å²) in [6.07, 6.45) is 2.34. The molecule has 15 heteroatoms. The van der Waals surface area contributed by atoms with E-state index >= 15 is 0 Å². The van der Waals surface area contributed by atoms with Crippen LogP contribution in [0.5, 0.6) is 6.01 Å². The number of rotatable bonds is 5.